The van der Waals surface area contributed by atoms with Crippen LogP contribution in [0.1, 0.15) is 5.56 Å². The molecule has 0 spiro atoms. The van der Waals surface area contributed by atoms with E-state index in [0.29, 0.717) is 11.3 Å². The van der Waals surface area contributed by atoms with Crippen molar-refractivity contribution in [3.05, 3.63) is 29.8 Å². The number of esters is 1. The van der Waals surface area contributed by atoms with Crippen LogP contribution in [0.15, 0.2) is 24.3 Å². The average Bonchev–Trinajstić information content (AvgIpc) is 2.29. The van der Waals surface area contributed by atoms with Crippen molar-refractivity contribution in [2.24, 2.45) is 0 Å². The molecule has 6 nitrogen and oxygen atoms in total. The van der Waals surface area contributed by atoms with Crippen molar-refractivity contribution < 1.29 is 17.9 Å². The first kappa shape index (κ1) is 13.5. The number of carbonyl (C=O) groups is 1. The van der Waals surface area contributed by atoms with Crippen LogP contribution in [0.3, 0.4) is 0 Å². The summed E-state index contributed by atoms with van der Waals surface area (Å²) < 4.78 is 29.6. The summed E-state index contributed by atoms with van der Waals surface area (Å²) in [6, 6.07) is 6.47. The normalized spacial score (nSPS) is 11.1. The highest BCUT2D eigenvalue weighted by Crippen LogP contribution is 2.08. The Bertz CT molecular complexity index is 482. The Morgan fingerprint density at radius 2 is 1.94 bits per heavy atom. The van der Waals surface area contributed by atoms with Crippen LogP contribution in [0, 0.1) is 0 Å². The maximum atomic E-state index is 11.6. The lowest BCUT2D eigenvalue weighted by atomic mass is 10.2. The lowest BCUT2D eigenvalue weighted by Gasteiger charge is -2.05. The van der Waals surface area contributed by atoms with Gasteiger partial charge in [-0.2, -0.15) is 0 Å². The van der Waals surface area contributed by atoms with E-state index in [9.17, 15) is 13.2 Å². The molecule has 0 fully saturated rings. The van der Waals surface area contributed by atoms with Crippen molar-refractivity contribution in [2.75, 3.05) is 19.4 Å². The van der Waals surface area contributed by atoms with Crippen molar-refractivity contribution >= 4 is 21.7 Å². The summed E-state index contributed by atoms with van der Waals surface area (Å²) in [6.45, 7) is -0.367. The zero-order chi connectivity index (χ0) is 12.9. The van der Waals surface area contributed by atoms with Gasteiger partial charge < -0.3 is 10.5 Å². The lowest BCUT2D eigenvalue weighted by Crippen LogP contribution is -2.31. The summed E-state index contributed by atoms with van der Waals surface area (Å²) in [6.07, 6.45) is 0. The molecule has 0 aliphatic carbocycles. The van der Waals surface area contributed by atoms with Crippen molar-refractivity contribution in [3.8, 4) is 0 Å². The van der Waals surface area contributed by atoms with E-state index in [1.54, 1.807) is 24.3 Å². The quantitative estimate of drug-likeness (QED) is 0.566. The lowest BCUT2D eigenvalue weighted by molar-refractivity contribution is -0.139. The highest BCUT2D eigenvalue weighted by molar-refractivity contribution is 7.88. The van der Waals surface area contributed by atoms with Crippen LogP contribution >= 0.6 is 0 Å². The van der Waals surface area contributed by atoms with E-state index in [0.717, 1.165) is 0 Å². The zero-order valence-electron chi connectivity index (χ0n) is 9.34. The van der Waals surface area contributed by atoms with Crippen molar-refractivity contribution in [1.82, 2.24) is 4.72 Å². The van der Waals surface area contributed by atoms with E-state index in [-0.39, 0.29) is 12.3 Å². The van der Waals surface area contributed by atoms with Gasteiger partial charge in [0.2, 0.25) is 10.0 Å². The largest absolute Gasteiger partial charge is 0.468 e. The summed E-state index contributed by atoms with van der Waals surface area (Å²) in [4.78, 5) is 10.8. The van der Waals surface area contributed by atoms with Gasteiger partial charge in [-0.1, -0.05) is 12.1 Å². The van der Waals surface area contributed by atoms with E-state index in [1.807, 2.05) is 0 Å². The summed E-state index contributed by atoms with van der Waals surface area (Å²) in [5, 5.41) is 0. The van der Waals surface area contributed by atoms with Crippen LogP contribution in [-0.2, 0) is 25.3 Å². The Balaban J connectivity index is 2.60. The minimum Gasteiger partial charge on any atom is -0.468 e. The molecule has 0 saturated carbocycles. The van der Waals surface area contributed by atoms with Gasteiger partial charge in [-0.3, -0.25) is 4.79 Å². The highest BCUT2D eigenvalue weighted by Gasteiger charge is 2.13. The molecule has 17 heavy (non-hydrogen) atoms. The van der Waals surface area contributed by atoms with E-state index in [4.69, 9.17) is 5.73 Å². The topological polar surface area (TPSA) is 98.5 Å². The molecule has 94 valence electrons. The van der Waals surface area contributed by atoms with Gasteiger partial charge in [0, 0.05) is 5.69 Å². The number of sulfonamides is 1. The van der Waals surface area contributed by atoms with Gasteiger partial charge in [0.15, 0.2) is 0 Å². The Morgan fingerprint density at radius 1 is 1.35 bits per heavy atom. The molecule has 0 aromatic heterocycles. The van der Waals surface area contributed by atoms with Crippen LogP contribution in [0.25, 0.3) is 0 Å². The summed E-state index contributed by atoms with van der Waals surface area (Å²) in [5.74, 6) is -0.838. The summed E-state index contributed by atoms with van der Waals surface area (Å²) in [7, 11) is -2.35. The van der Waals surface area contributed by atoms with Gasteiger partial charge in [-0.25, -0.2) is 13.1 Å². The minimum absolute atomic E-state index is 0.204. The molecular formula is C10H14N2O4S. The molecule has 7 heteroatoms. The SMILES string of the molecule is COC(=O)CNS(=O)(=O)Cc1ccc(N)cc1. The number of hydrogen-bond donors (Lipinski definition) is 2. The number of nitrogens with two attached hydrogens (primary N) is 1. The Labute approximate surface area is 99.8 Å². The van der Waals surface area contributed by atoms with Gasteiger partial charge in [0.05, 0.1) is 12.9 Å². The van der Waals surface area contributed by atoms with E-state index >= 15 is 0 Å². The van der Waals surface area contributed by atoms with Crippen LogP contribution in [0.5, 0.6) is 0 Å². The number of methoxy groups -OCH3 is 1. The van der Waals surface area contributed by atoms with Crippen LogP contribution in [0.2, 0.25) is 0 Å². The number of nitrogen functional groups attached to an aromatic ring is 1. The molecule has 0 amide bonds. The second kappa shape index (κ2) is 5.65. The van der Waals surface area contributed by atoms with Crippen LogP contribution in [-0.4, -0.2) is 28.0 Å². The predicted octanol–water partition coefficient (Wildman–Crippen LogP) is -0.139. The molecular weight excluding hydrogens is 244 g/mol. The smallest absolute Gasteiger partial charge is 0.320 e. The number of anilines is 1. The molecule has 0 saturated heterocycles. The minimum atomic E-state index is -3.54. The third-order valence-corrected chi connectivity index (χ3v) is 3.30. The maximum Gasteiger partial charge on any atom is 0.320 e. The Kier molecular flexibility index (Phi) is 4.47. The molecule has 0 aliphatic rings. The molecule has 1 aromatic rings. The number of carbonyl (C=O) groups excluding carboxylic acids is 1. The fourth-order valence-corrected chi connectivity index (χ4v) is 2.20. The first-order valence-corrected chi connectivity index (χ1v) is 6.47. The fraction of sp³-hybridized carbons (Fsp3) is 0.300. The number of rotatable bonds is 5. The number of nitrogens with one attached hydrogen (secondary N) is 1. The van der Waals surface area contributed by atoms with Gasteiger partial charge in [0.1, 0.15) is 6.54 Å². The second-order valence-corrected chi connectivity index (χ2v) is 5.20. The number of hydrogen-bond acceptors (Lipinski definition) is 5. The maximum absolute atomic E-state index is 11.6. The second-order valence-electron chi connectivity index (χ2n) is 3.40. The molecule has 3 N–H and O–H groups in total. The van der Waals surface area contributed by atoms with Crippen LogP contribution < -0.4 is 10.5 Å². The van der Waals surface area contributed by atoms with Crippen molar-refractivity contribution in [3.63, 3.8) is 0 Å². The van der Waals surface area contributed by atoms with Crippen molar-refractivity contribution in [2.45, 2.75) is 5.75 Å². The van der Waals surface area contributed by atoms with E-state index in [2.05, 4.69) is 9.46 Å². The average molecular weight is 258 g/mol. The monoisotopic (exact) mass is 258 g/mol. The molecule has 0 heterocycles. The molecule has 0 aliphatic heterocycles. The first-order chi connectivity index (χ1) is 7.93. The zero-order valence-corrected chi connectivity index (χ0v) is 10.2. The third-order valence-electron chi connectivity index (χ3n) is 2.00. The fourth-order valence-electron chi connectivity index (χ4n) is 1.13. The van der Waals surface area contributed by atoms with Crippen molar-refractivity contribution in [1.29, 1.82) is 0 Å². The van der Waals surface area contributed by atoms with Gasteiger partial charge in [-0.05, 0) is 17.7 Å². The first-order valence-electron chi connectivity index (χ1n) is 4.81. The highest BCUT2D eigenvalue weighted by atomic mass is 32.2. The van der Waals surface area contributed by atoms with Gasteiger partial charge in [0.25, 0.3) is 0 Å². The van der Waals surface area contributed by atoms with Gasteiger partial charge in [-0.15, -0.1) is 0 Å². The van der Waals surface area contributed by atoms with E-state index in [1.165, 1.54) is 7.11 Å². The molecule has 0 radical (unpaired) electrons. The predicted molar refractivity (Wildman–Crippen MR) is 63.5 cm³/mol. The number of ether oxygens (including phenoxy) is 1. The Morgan fingerprint density at radius 3 is 2.47 bits per heavy atom. The molecule has 1 aromatic carbocycles. The third kappa shape index (κ3) is 4.83. The summed E-state index contributed by atoms with van der Waals surface area (Å²) >= 11 is 0. The molecule has 0 bridgehead atoms. The molecule has 0 atom stereocenters. The van der Waals surface area contributed by atoms with Crippen LogP contribution in [0.4, 0.5) is 5.69 Å². The van der Waals surface area contributed by atoms with E-state index < -0.39 is 16.0 Å². The standard InChI is InChI=1S/C10H14N2O4S/c1-16-10(13)6-12-17(14,15)7-8-2-4-9(11)5-3-8/h2-5,12H,6-7,11H2,1H3. The summed E-state index contributed by atoms with van der Waals surface area (Å²) in [5.41, 5.74) is 6.64. The van der Waals surface area contributed by atoms with Gasteiger partial charge >= 0.3 is 5.97 Å². The number of benzene rings is 1. The molecule has 0 unspecified atom stereocenters. The molecule has 1 rings (SSSR count). The Hall–Kier alpha value is -1.60.